The van der Waals surface area contributed by atoms with Gasteiger partial charge in [-0.2, -0.15) is 0 Å². The molecule has 3 atom stereocenters. The zero-order chi connectivity index (χ0) is 43.5. The van der Waals surface area contributed by atoms with Crippen LogP contribution in [0.5, 0.6) is 0 Å². The molecule has 6 nitrogen and oxygen atoms in total. The first-order valence-corrected chi connectivity index (χ1v) is 26.1. The van der Waals surface area contributed by atoms with Gasteiger partial charge >= 0.3 is 0 Å². The number of aliphatic hydroxyl groups excluding tert-OH is 2. The van der Waals surface area contributed by atoms with Gasteiger partial charge in [-0.25, -0.2) is 0 Å². The van der Waals surface area contributed by atoms with E-state index in [-0.39, 0.29) is 19.3 Å². The van der Waals surface area contributed by atoms with E-state index in [1.54, 1.807) is 0 Å². The van der Waals surface area contributed by atoms with Crippen molar-refractivity contribution in [1.82, 2.24) is 0 Å². The summed E-state index contributed by atoms with van der Waals surface area (Å²) in [6.45, 7) is 6.74. The zero-order valence-electron chi connectivity index (χ0n) is 39.6. The summed E-state index contributed by atoms with van der Waals surface area (Å²) in [5.74, 6) is -2.13. The van der Waals surface area contributed by atoms with Gasteiger partial charge in [-0.3, -0.25) is 14.4 Å². The van der Waals surface area contributed by atoms with Crippen LogP contribution in [-0.4, -0.2) is 50.5 Å². The summed E-state index contributed by atoms with van der Waals surface area (Å²) in [6, 6.07) is 0. The first-order chi connectivity index (χ1) is 28.8. The van der Waals surface area contributed by atoms with Crippen molar-refractivity contribution in [3.63, 3.8) is 0 Å². The summed E-state index contributed by atoms with van der Waals surface area (Å²) in [5.41, 5.74) is -2.80. The summed E-state index contributed by atoms with van der Waals surface area (Å²) >= 11 is 0. The van der Waals surface area contributed by atoms with E-state index in [0.29, 0.717) is 19.3 Å². The number of rotatable bonds is 48. The molecule has 0 amide bonds. The monoisotopic (exact) mass is 833 g/mol. The van der Waals surface area contributed by atoms with Gasteiger partial charge in [-0.1, -0.05) is 238 Å². The molecule has 2 unspecified atom stereocenters. The van der Waals surface area contributed by atoms with Gasteiger partial charge in [0.25, 0.3) is 0 Å². The van der Waals surface area contributed by atoms with Crippen LogP contribution in [0.4, 0.5) is 0 Å². The maximum absolute atomic E-state index is 13.6. The molecule has 348 valence electrons. The van der Waals surface area contributed by atoms with Crippen LogP contribution in [0.1, 0.15) is 290 Å². The Morgan fingerprint density at radius 1 is 0.356 bits per heavy atom. The van der Waals surface area contributed by atoms with Crippen LogP contribution in [0.15, 0.2) is 12.2 Å². The summed E-state index contributed by atoms with van der Waals surface area (Å²) in [5, 5.41) is 34.1. The number of hydrogen-bond acceptors (Lipinski definition) is 6. The van der Waals surface area contributed by atoms with Gasteiger partial charge in [0.1, 0.15) is 0 Å². The Morgan fingerprint density at radius 2 is 0.576 bits per heavy atom. The van der Waals surface area contributed by atoms with E-state index in [9.17, 15) is 29.7 Å². The summed E-state index contributed by atoms with van der Waals surface area (Å²) in [6.07, 6.45) is 45.0. The van der Waals surface area contributed by atoms with E-state index in [1.807, 2.05) is 0 Å². The quantitative estimate of drug-likeness (QED) is 0.0416. The van der Waals surface area contributed by atoms with Crippen molar-refractivity contribution in [2.24, 2.45) is 0 Å². The highest BCUT2D eigenvalue weighted by molar-refractivity contribution is 6.01. The molecule has 59 heavy (non-hydrogen) atoms. The van der Waals surface area contributed by atoms with E-state index in [2.05, 4.69) is 32.9 Å². The largest absolute Gasteiger partial charge is 0.382 e. The van der Waals surface area contributed by atoms with E-state index in [4.69, 9.17) is 0 Å². The zero-order valence-corrected chi connectivity index (χ0v) is 39.6. The summed E-state index contributed by atoms with van der Waals surface area (Å²) < 4.78 is 0. The van der Waals surface area contributed by atoms with Gasteiger partial charge in [-0.15, -0.1) is 0 Å². The number of carbonyl (C=O) groups excluding carboxylic acids is 3. The molecule has 0 aliphatic rings. The Labute approximate surface area is 366 Å². The maximum atomic E-state index is 13.6. The molecule has 0 aliphatic heterocycles. The second-order valence-corrected chi connectivity index (χ2v) is 18.3. The number of aliphatic hydroxyl groups is 3. The predicted molar refractivity (Wildman–Crippen MR) is 252 cm³/mol. The molecule has 3 N–H and O–H groups in total. The van der Waals surface area contributed by atoms with Crippen molar-refractivity contribution >= 4 is 17.3 Å². The number of Topliss-reactive ketones (excluding diaryl/α,β-unsaturated/α-hetero) is 3. The molecule has 0 aliphatic carbocycles. The first-order valence-electron chi connectivity index (χ1n) is 26.1. The molecule has 0 aromatic carbocycles. The van der Waals surface area contributed by atoms with Gasteiger partial charge in [0.2, 0.25) is 0 Å². The Kier molecular flexibility index (Phi) is 42.3. The van der Waals surface area contributed by atoms with Crippen LogP contribution in [0, 0.1) is 0 Å². The Balaban J connectivity index is 4.79. The van der Waals surface area contributed by atoms with Crippen LogP contribution >= 0.6 is 0 Å². The van der Waals surface area contributed by atoms with Crippen molar-refractivity contribution in [3.05, 3.63) is 12.2 Å². The minimum atomic E-state index is -2.80. The highest BCUT2D eigenvalue weighted by atomic mass is 16.4. The van der Waals surface area contributed by atoms with E-state index in [1.165, 1.54) is 154 Å². The van der Waals surface area contributed by atoms with Crippen molar-refractivity contribution in [3.8, 4) is 0 Å². The fourth-order valence-corrected chi connectivity index (χ4v) is 8.41. The minimum absolute atomic E-state index is 0.00736. The summed E-state index contributed by atoms with van der Waals surface area (Å²) in [7, 11) is 0. The van der Waals surface area contributed by atoms with Gasteiger partial charge in [-0.05, 0) is 44.9 Å². The van der Waals surface area contributed by atoms with Crippen LogP contribution in [0.25, 0.3) is 0 Å². The molecular weight excluding hydrogens is 733 g/mol. The fraction of sp³-hybridized carbons (Fsp3) is 0.906. The Bertz CT molecular complexity index is 977. The molecule has 0 aromatic rings. The second kappa shape index (κ2) is 43.3. The van der Waals surface area contributed by atoms with Crippen molar-refractivity contribution < 1.29 is 29.7 Å². The topological polar surface area (TPSA) is 112 Å². The lowest BCUT2D eigenvalue weighted by Gasteiger charge is -2.34. The number of hydrogen-bond donors (Lipinski definition) is 3. The lowest BCUT2D eigenvalue weighted by Crippen LogP contribution is -2.63. The molecule has 0 fully saturated rings. The van der Waals surface area contributed by atoms with Crippen molar-refractivity contribution in [2.75, 3.05) is 0 Å². The van der Waals surface area contributed by atoms with Crippen LogP contribution in [0.3, 0.4) is 0 Å². The molecule has 0 saturated carbocycles. The lowest BCUT2D eigenvalue weighted by molar-refractivity contribution is -0.181. The van der Waals surface area contributed by atoms with Gasteiger partial charge < -0.3 is 15.3 Å². The smallest absolute Gasteiger partial charge is 0.189 e. The fourth-order valence-electron chi connectivity index (χ4n) is 8.41. The highest BCUT2D eigenvalue weighted by Crippen LogP contribution is 2.26. The lowest BCUT2D eigenvalue weighted by atomic mass is 9.78. The SMILES string of the molecule is CCCCCCCC/C=C\CCCCCCCC(=O)[C@@H](O)C(O)(C(=O)CCCCCCCCCCCCCCC)C(O)C(=O)CCCCCCCCCCCCCCC. The molecule has 0 spiro atoms. The van der Waals surface area contributed by atoms with Crippen LogP contribution in [-0.2, 0) is 14.4 Å². The average molecular weight is 833 g/mol. The first kappa shape index (κ1) is 57.6. The average Bonchev–Trinajstić information content (AvgIpc) is 3.24. The summed E-state index contributed by atoms with van der Waals surface area (Å²) in [4.78, 5) is 40.0. The van der Waals surface area contributed by atoms with Crippen molar-refractivity contribution in [2.45, 2.75) is 308 Å². The third-order valence-electron chi connectivity index (χ3n) is 12.6. The third-order valence-corrected chi connectivity index (χ3v) is 12.6. The number of carbonyl (C=O) groups is 3. The third kappa shape index (κ3) is 32.9. The van der Waals surface area contributed by atoms with E-state index >= 15 is 0 Å². The number of unbranched alkanes of at least 4 members (excludes halogenated alkanes) is 35. The Morgan fingerprint density at radius 3 is 0.847 bits per heavy atom. The normalized spacial score (nSPS) is 13.9. The van der Waals surface area contributed by atoms with Gasteiger partial charge in [0, 0.05) is 19.3 Å². The molecule has 6 heteroatoms. The minimum Gasteiger partial charge on any atom is -0.382 e. The number of ketones is 3. The Hall–Kier alpha value is -1.37. The highest BCUT2D eigenvalue weighted by Gasteiger charge is 2.53. The molecular formula is C53H100O6. The molecule has 0 heterocycles. The van der Waals surface area contributed by atoms with Crippen molar-refractivity contribution in [1.29, 1.82) is 0 Å². The molecule has 0 bridgehead atoms. The molecule has 0 aromatic heterocycles. The van der Waals surface area contributed by atoms with Gasteiger partial charge in [0.15, 0.2) is 35.2 Å². The number of allylic oxidation sites excluding steroid dienone is 2. The van der Waals surface area contributed by atoms with Crippen LogP contribution < -0.4 is 0 Å². The van der Waals surface area contributed by atoms with Gasteiger partial charge in [0.05, 0.1) is 0 Å². The van der Waals surface area contributed by atoms with E-state index in [0.717, 1.165) is 77.0 Å². The molecule has 0 saturated heterocycles. The molecule has 0 rings (SSSR count). The maximum Gasteiger partial charge on any atom is 0.189 e. The second-order valence-electron chi connectivity index (χ2n) is 18.3. The van der Waals surface area contributed by atoms with Crippen LogP contribution in [0.2, 0.25) is 0 Å². The molecule has 0 radical (unpaired) electrons. The standard InChI is InChI=1S/C53H100O6/c1-4-7-10-13-16-19-22-25-26-29-31-34-37-40-43-46-49(55)52(58)53(59,50(56)47-44-41-38-35-32-28-24-21-18-15-12-9-6-3)51(57)48(54)45-42-39-36-33-30-27-23-20-17-14-11-8-5-2/h25-26,51-52,57-59H,4-24,27-47H2,1-3H3/b26-25-/t51?,52-,53?/m1/s1. The predicted octanol–water partition coefficient (Wildman–Crippen LogP) is 15.1. The van der Waals surface area contributed by atoms with E-state index < -0.39 is 35.2 Å².